The Morgan fingerprint density at radius 1 is 1.06 bits per heavy atom. The highest BCUT2D eigenvalue weighted by molar-refractivity contribution is 7.89. The minimum atomic E-state index is -3.16. The number of benzene rings is 1. The van der Waals surface area contributed by atoms with Crippen molar-refractivity contribution in [2.45, 2.75) is 53.9 Å². The predicted molar refractivity (Wildman–Crippen MR) is 127 cm³/mol. The molecular weight excluding hydrogens is 408 g/mol. The van der Waals surface area contributed by atoms with E-state index in [0.717, 1.165) is 35.7 Å². The molecule has 0 saturated carbocycles. The molecular formula is C24H36N4O2S. The van der Waals surface area contributed by atoms with Crippen LogP contribution >= 0.6 is 0 Å². The summed E-state index contributed by atoms with van der Waals surface area (Å²) in [6.07, 6.45) is 2.26. The Kier molecular flexibility index (Phi) is 7.70. The van der Waals surface area contributed by atoms with Crippen LogP contribution in [-0.2, 0) is 22.9 Å². The van der Waals surface area contributed by atoms with Crippen LogP contribution in [0.3, 0.4) is 0 Å². The van der Waals surface area contributed by atoms with E-state index in [-0.39, 0.29) is 5.75 Å². The second-order valence-electron chi connectivity index (χ2n) is 8.99. The first-order valence-corrected chi connectivity index (χ1v) is 12.9. The van der Waals surface area contributed by atoms with Crippen molar-refractivity contribution in [3.05, 3.63) is 52.5 Å². The minimum Gasteiger partial charge on any atom is -0.354 e. The Morgan fingerprint density at radius 2 is 1.77 bits per heavy atom. The van der Waals surface area contributed by atoms with Gasteiger partial charge in [0, 0.05) is 50.3 Å². The normalized spacial score (nSPS) is 15.6. The number of sulfonamides is 1. The Hall–Kier alpha value is -1.99. The molecule has 1 aliphatic rings. The second kappa shape index (κ2) is 10.1. The van der Waals surface area contributed by atoms with Gasteiger partial charge in [0.25, 0.3) is 0 Å². The third kappa shape index (κ3) is 6.04. The molecule has 31 heavy (non-hydrogen) atoms. The third-order valence-electron chi connectivity index (χ3n) is 5.69. The van der Waals surface area contributed by atoms with E-state index >= 15 is 0 Å². The summed E-state index contributed by atoms with van der Waals surface area (Å²) in [5.41, 5.74) is 4.64. The molecule has 2 heterocycles. The number of nitrogens with zero attached hydrogens (tertiary/aromatic N) is 4. The first-order chi connectivity index (χ1) is 14.7. The predicted octanol–water partition coefficient (Wildman–Crippen LogP) is 3.74. The largest absolute Gasteiger partial charge is 0.354 e. The molecule has 2 aromatic rings. The van der Waals surface area contributed by atoms with Crippen LogP contribution in [0.25, 0.3) is 0 Å². The Bertz CT molecular complexity index is 997. The number of hydrogen-bond acceptors (Lipinski definition) is 5. The van der Waals surface area contributed by atoms with E-state index in [0.29, 0.717) is 38.5 Å². The van der Waals surface area contributed by atoms with E-state index in [2.05, 4.69) is 56.9 Å². The number of rotatable bonds is 8. The summed E-state index contributed by atoms with van der Waals surface area (Å²) >= 11 is 0. The van der Waals surface area contributed by atoms with Crippen LogP contribution in [0.15, 0.2) is 24.3 Å². The van der Waals surface area contributed by atoms with Crippen molar-refractivity contribution in [3.63, 3.8) is 0 Å². The van der Waals surface area contributed by atoms with Crippen molar-refractivity contribution in [3.8, 4) is 0 Å². The molecule has 0 radical (unpaired) electrons. The van der Waals surface area contributed by atoms with Gasteiger partial charge in [-0.1, -0.05) is 50.6 Å². The summed E-state index contributed by atoms with van der Waals surface area (Å²) < 4.78 is 26.6. The summed E-state index contributed by atoms with van der Waals surface area (Å²) in [5, 5.41) is 0. The molecule has 1 aliphatic heterocycles. The molecule has 0 aliphatic carbocycles. The quantitative estimate of drug-likeness (QED) is 0.620. The van der Waals surface area contributed by atoms with Crippen molar-refractivity contribution < 1.29 is 8.42 Å². The topological polar surface area (TPSA) is 66.4 Å². The van der Waals surface area contributed by atoms with Gasteiger partial charge in [0.2, 0.25) is 10.0 Å². The highest BCUT2D eigenvalue weighted by Crippen LogP contribution is 2.26. The van der Waals surface area contributed by atoms with Gasteiger partial charge in [-0.05, 0) is 31.7 Å². The average molecular weight is 445 g/mol. The van der Waals surface area contributed by atoms with Crippen molar-refractivity contribution in [1.82, 2.24) is 14.3 Å². The molecule has 0 N–H and O–H groups in total. The number of aromatic nitrogens is 2. The van der Waals surface area contributed by atoms with E-state index in [4.69, 9.17) is 9.97 Å². The molecule has 170 valence electrons. The van der Waals surface area contributed by atoms with E-state index in [9.17, 15) is 8.42 Å². The summed E-state index contributed by atoms with van der Waals surface area (Å²) in [6.45, 7) is 12.8. The Balaban J connectivity index is 1.90. The van der Waals surface area contributed by atoms with Crippen molar-refractivity contribution in [1.29, 1.82) is 0 Å². The van der Waals surface area contributed by atoms with Gasteiger partial charge in [0.05, 0.1) is 5.75 Å². The molecule has 6 nitrogen and oxygen atoms in total. The number of aryl methyl sites for hydroxylation is 2. The fourth-order valence-corrected chi connectivity index (χ4v) is 5.65. The SMILES string of the molecule is CCCS(=O)(=O)N1CCN(c2nc(CC(C)C)nc(C)c2Cc2cccc(C)c2)CC1. The molecule has 1 fully saturated rings. The van der Waals surface area contributed by atoms with E-state index < -0.39 is 10.0 Å². The van der Waals surface area contributed by atoms with Crippen LogP contribution in [-0.4, -0.2) is 54.6 Å². The lowest BCUT2D eigenvalue weighted by Crippen LogP contribution is -2.49. The van der Waals surface area contributed by atoms with E-state index in [1.54, 1.807) is 4.31 Å². The van der Waals surface area contributed by atoms with Crippen molar-refractivity contribution in [2.24, 2.45) is 5.92 Å². The van der Waals surface area contributed by atoms with E-state index in [1.165, 1.54) is 11.1 Å². The van der Waals surface area contributed by atoms with Crippen LogP contribution in [0, 0.1) is 19.8 Å². The van der Waals surface area contributed by atoms with Gasteiger partial charge < -0.3 is 4.90 Å². The van der Waals surface area contributed by atoms with Crippen LogP contribution in [0.1, 0.15) is 55.4 Å². The number of hydrogen-bond donors (Lipinski definition) is 0. The maximum Gasteiger partial charge on any atom is 0.214 e. The lowest BCUT2D eigenvalue weighted by molar-refractivity contribution is 0.383. The van der Waals surface area contributed by atoms with Gasteiger partial charge in [-0.25, -0.2) is 18.4 Å². The van der Waals surface area contributed by atoms with Crippen molar-refractivity contribution >= 4 is 15.8 Å². The number of piperazine rings is 1. The monoisotopic (exact) mass is 444 g/mol. The zero-order chi connectivity index (χ0) is 22.6. The second-order valence-corrected chi connectivity index (χ2v) is 11.1. The molecule has 0 bridgehead atoms. The minimum absolute atomic E-state index is 0.219. The molecule has 7 heteroatoms. The standard InChI is InChI=1S/C24H36N4O2S/c1-6-14-31(29,30)28-12-10-27(11-13-28)24-22(17-21-9-7-8-19(4)16-21)20(5)25-23(26-24)15-18(2)3/h7-9,16,18H,6,10-15,17H2,1-5H3. The molecule has 1 aromatic carbocycles. The van der Waals surface area contributed by atoms with Crippen molar-refractivity contribution in [2.75, 3.05) is 36.8 Å². The Morgan fingerprint density at radius 3 is 2.39 bits per heavy atom. The number of anilines is 1. The fraction of sp³-hybridized carbons (Fsp3) is 0.583. The van der Waals surface area contributed by atoms with Gasteiger partial charge in [-0.2, -0.15) is 4.31 Å². The zero-order valence-electron chi connectivity index (χ0n) is 19.6. The van der Waals surface area contributed by atoms with Crippen LogP contribution in [0.5, 0.6) is 0 Å². The molecule has 1 aromatic heterocycles. The maximum atomic E-state index is 12.5. The van der Waals surface area contributed by atoms with Gasteiger partial charge in [-0.15, -0.1) is 0 Å². The molecule has 0 unspecified atom stereocenters. The summed E-state index contributed by atoms with van der Waals surface area (Å²) in [6, 6.07) is 8.55. The lowest BCUT2D eigenvalue weighted by atomic mass is 10.0. The van der Waals surface area contributed by atoms with E-state index in [1.807, 2.05) is 6.92 Å². The van der Waals surface area contributed by atoms with Gasteiger partial charge in [0.15, 0.2) is 0 Å². The molecule has 3 rings (SSSR count). The van der Waals surface area contributed by atoms with Crippen LogP contribution < -0.4 is 4.90 Å². The Labute approximate surface area is 187 Å². The summed E-state index contributed by atoms with van der Waals surface area (Å²) in [5.74, 6) is 2.54. The lowest BCUT2D eigenvalue weighted by Gasteiger charge is -2.36. The zero-order valence-corrected chi connectivity index (χ0v) is 20.4. The highest BCUT2D eigenvalue weighted by atomic mass is 32.2. The van der Waals surface area contributed by atoms with Crippen LogP contribution in [0.2, 0.25) is 0 Å². The smallest absolute Gasteiger partial charge is 0.214 e. The van der Waals surface area contributed by atoms with Gasteiger partial charge >= 0.3 is 0 Å². The molecule has 1 saturated heterocycles. The summed E-state index contributed by atoms with van der Waals surface area (Å²) in [4.78, 5) is 12.1. The van der Waals surface area contributed by atoms with Crippen LogP contribution in [0.4, 0.5) is 5.82 Å². The highest BCUT2D eigenvalue weighted by Gasteiger charge is 2.28. The maximum absolute atomic E-state index is 12.5. The third-order valence-corrected chi connectivity index (χ3v) is 7.76. The van der Waals surface area contributed by atoms with Gasteiger partial charge in [0.1, 0.15) is 11.6 Å². The average Bonchev–Trinajstić information content (AvgIpc) is 2.69. The fourth-order valence-electron chi connectivity index (χ4n) is 4.15. The first-order valence-electron chi connectivity index (χ1n) is 11.3. The summed E-state index contributed by atoms with van der Waals surface area (Å²) in [7, 11) is -3.16. The van der Waals surface area contributed by atoms with Gasteiger partial charge in [-0.3, -0.25) is 0 Å². The molecule has 0 amide bonds. The molecule has 0 spiro atoms. The molecule has 0 atom stereocenters. The first kappa shape index (κ1) is 23.7.